The van der Waals surface area contributed by atoms with Crippen LogP contribution in [-0.2, 0) is 6.54 Å². The first kappa shape index (κ1) is 13.1. The van der Waals surface area contributed by atoms with Crippen LogP contribution in [0.4, 0.5) is 4.39 Å². The molecule has 1 heterocycles. The van der Waals surface area contributed by atoms with E-state index in [0.717, 1.165) is 22.8 Å². The van der Waals surface area contributed by atoms with Gasteiger partial charge in [0, 0.05) is 29.2 Å². The fourth-order valence-electron chi connectivity index (χ4n) is 2.45. The summed E-state index contributed by atoms with van der Waals surface area (Å²) in [4.78, 5) is 11.1. The van der Waals surface area contributed by atoms with E-state index in [1.807, 2.05) is 34.9 Å². The van der Waals surface area contributed by atoms with Gasteiger partial charge >= 0.3 is 0 Å². The maximum atomic E-state index is 13.3. The SMILES string of the molecule is N#Cc1cc(Cn2cc(C=O)c3ccccc32)ccc1F. The number of halogens is 1. The summed E-state index contributed by atoms with van der Waals surface area (Å²) >= 11 is 0. The molecule has 3 aromatic rings. The lowest BCUT2D eigenvalue weighted by Gasteiger charge is -2.06. The van der Waals surface area contributed by atoms with E-state index in [-0.39, 0.29) is 5.56 Å². The number of nitrogens with zero attached hydrogens (tertiary/aromatic N) is 2. The summed E-state index contributed by atoms with van der Waals surface area (Å²) in [5.74, 6) is -0.521. The van der Waals surface area contributed by atoms with Crippen LogP contribution in [0.1, 0.15) is 21.5 Å². The molecule has 0 N–H and O–H groups in total. The minimum absolute atomic E-state index is 0.0274. The molecule has 3 rings (SSSR count). The highest BCUT2D eigenvalue weighted by atomic mass is 19.1. The summed E-state index contributed by atoms with van der Waals surface area (Å²) in [6.45, 7) is 0.476. The monoisotopic (exact) mass is 278 g/mol. The largest absolute Gasteiger partial charge is 0.342 e. The molecular formula is C17H11FN2O. The molecule has 0 saturated heterocycles. The number of aromatic nitrogens is 1. The fraction of sp³-hybridized carbons (Fsp3) is 0.0588. The molecular weight excluding hydrogens is 267 g/mol. The summed E-state index contributed by atoms with van der Waals surface area (Å²) in [7, 11) is 0. The zero-order valence-electron chi connectivity index (χ0n) is 11.1. The highest BCUT2D eigenvalue weighted by molar-refractivity contribution is 5.97. The average Bonchev–Trinajstić information content (AvgIpc) is 2.87. The zero-order valence-corrected chi connectivity index (χ0v) is 11.1. The van der Waals surface area contributed by atoms with Crippen LogP contribution >= 0.6 is 0 Å². The van der Waals surface area contributed by atoms with Crippen LogP contribution in [0, 0.1) is 17.1 Å². The third kappa shape index (κ3) is 2.30. The van der Waals surface area contributed by atoms with Crippen molar-refractivity contribution in [3.63, 3.8) is 0 Å². The molecule has 0 unspecified atom stereocenters. The Kier molecular flexibility index (Phi) is 3.25. The molecule has 4 heteroatoms. The quantitative estimate of drug-likeness (QED) is 0.688. The number of fused-ring (bicyclic) bond motifs is 1. The van der Waals surface area contributed by atoms with Crippen LogP contribution in [0.2, 0.25) is 0 Å². The van der Waals surface area contributed by atoms with Gasteiger partial charge in [-0.25, -0.2) is 4.39 Å². The number of hydrogen-bond acceptors (Lipinski definition) is 2. The molecule has 0 aliphatic rings. The van der Waals surface area contributed by atoms with Gasteiger partial charge in [0.05, 0.1) is 5.56 Å². The molecule has 3 nitrogen and oxygen atoms in total. The lowest BCUT2D eigenvalue weighted by atomic mass is 10.1. The molecule has 0 spiro atoms. The Labute approximate surface area is 120 Å². The molecule has 0 atom stereocenters. The van der Waals surface area contributed by atoms with Crippen molar-refractivity contribution in [3.05, 3.63) is 71.2 Å². The summed E-state index contributed by atoms with van der Waals surface area (Å²) in [5.41, 5.74) is 2.39. The molecule has 0 saturated carbocycles. The topological polar surface area (TPSA) is 45.8 Å². The van der Waals surface area contributed by atoms with Crippen LogP contribution in [-0.4, -0.2) is 10.9 Å². The van der Waals surface area contributed by atoms with Crippen molar-refractivity contribution in [1.82, 2.24) is 4.57 Å². The average molecular weight is 278 g/mol. The number of carbonyl (C=O) groups excluding carboxylic acids is 1. The first-order valence-electron chi connectivity index (χ1n) is 6.44. The molecule has 0 aliphatic heterocycles. The lowest BCUT2D eigenvalue weighted by Crippen LogP contribution is -1.99. The van der Waals surface area contributed by atoms with E-state index >= 15 is 0 Å². The second kappa shape index (κ2) is 5.22. The molecule has 21 heavy (non-hydrogen) atoms. The molecule has 0 fully saturated rings. The Morgan fingerprint density at radius 2 is 2.05 bits per heavy atom. The summed E-state index contributed by atoms with van der Waals surface area (Å²) in [6.07, 6.45) is 2.59. The molecule has 1 aromatic heterocycles. The number of benzene rings is 2. The van der Waals surface area contributed by atoms with Crippen molar-refractivity contribution in [2.75, 3.05) is 0 Å². The fourth-order valence-corrected chi connectivity index (χ4v) is 2.45. The lowest BCUT2D eigenvalue weighted by molar-refractivity contribution is 0.112. The Balaban J connectivity index is 2.06. The van der Waals surface area contributed by atoms with Gasteiger partial charge in [-0.2, -0.15) is 5.26 Å². The molecule has 102 valence electrons. The first-order chi connectivity index (χ1) is 10.2. The first-order valence-corrected chi connectivity index (χ1v) is 6.44. The van der Waals surface area contributed by atoms with E-state index in [4.69, 9.17) is 5.26 Å². The van der Waals surface area contributed by atoms with Gasteiger partial charge in [-0.1, -0.05) is 24.3 Å². The van der Waals surface area contributed by atoms with Crippen LogP contribution in [0.15, 0.2) is 48.7 Å². The maximum absolute atomic E-state index is 13.3. The van der Waals surface area contributed by atoms with E-state index < -0.39 is 5.82 Å². The van der Waals surface area contributed by atoms with E-state index in [2.05, 4.69) is 0 Å². The van der Waals surface area contributed by atoms with Crippen LogP contribution in [0.5, 0.6) is 0 Å². The minimum atomic E-state index is -0.521. The Bertz CT molecular complexity index is 874. The molecule has 2 aromatic carbocycles. The maximum Gasteiger partial charge on any atom is 0.152 e. The van der Waals surface area contributed by atoms with Crippen LogP contribution in [0.3, 0.4) is 0 Å². The number of nitriles is 1. The second-order valence-electron chi connectivity index (χ2n) is 4.77. The number of para-hydroxylation sites is 1. The Hall–Kier alpha value is -2.93. The second-order valence-corrected chi connectivity index (χ2v) is 4.77. The summed E-state index contributed by atoms with van der Waals surface area (Å²) in [6, 6.07) is 13.9. The van der Waals surface area contributed by atoms with E-state index in [1.165, 1.54) is 12.1 Å². The van der Waals surface area contributed by atoms with Gasteiger partial charge in [0.1, 0.15) is 11.9 Å². The molecule has 0 aliphatic carbocycles. The number of hydrogen-bond donors (Lipinski definition) is 0. The summed E-state index contributed by atoms with van der Waals surface area (Å²) in [5, 5.41) is 9.76. The summed E-state index contributed by atoms with van der Waals surface area (Å²) < 4.78 is 15.3. The van der Waals surface area contributed by atoms with Crippen molar-refractivity contribution in [2.45, 2.75) is 6.54 Å². The number of carbonyl (C=O) groups is 1. The zero-order chi connectivity index (χ0) is 14.8. The van der Waals surface area contributed by atoms with Gasteiger partial charge in [0.2, 0.25) is 0 Å². The van der Waals surface area contributed by atoms with Gasteiger partial charge in [-0.3, -0.25) is 4.79 Å². The van der Waals surface area contributed by atoms with Gasteiger partial charge in [-0.15, -0.1) is 0 Å². The number of rotatable bonds is 3. The predicted molar refractivity (Wildman–Crippen MR) is 77.5 cm³/mol. The van der Waals surface area contributed by atoms with Crippen molar-refractivity contribution in [2.24, 2.45) is 0 Å². The van der Waals surface area contributed by atoms with Crippen molar-refractivity contribution in [1.29, 1.82) is 5.26 Å². The molecule has 0 amide bonds. The highest BCUT2D eigenvalue weighted by Gasteiger charge is 2.09. The standard InChI is InChI=1S/C17H11FN2O/c18-16-6-5-12(7-13(16)8-19)9-20-10-14(11-21)15-3-1-2-4-17(15)20/h1-7,10-11H,9H2. The van der Waals surface area contributed by atoms with Gasteiger partial charge < -0.3 is 4.57 Å². The van der Waals surface area contributed by atoms with Crippen molar-refractivity contribution < 1.29 is 9.18 Å². The molecule has 0 radical (unpaired) electrons. The molecule has 0 bridgehead atoms. The van der Waals surface area contributed by atoms with Crippen molar-refractivity contribution >= 4 is 17.2 Å². The van der Waals surface area contributed by atoms with Gasteiger partial charge in [0.25, 0.3) is 0 Å². The Morgan fingerprint density at radius 1 is 1.24 bits per heavy atom. The van der Waals surface area contributed by atoms with E-state index in [9.17, 15) is 9.18 Å². The van der Waals surface area contributed by atoms with E-state index in [0.29, 0.717) is 12.1 Å². The normalized spacial score (nSPS) is 10.5. The Morgan fingerprint density at radius 3 is 2.81 bits per heavy atom. The van der Waals surface area contributed by atoms with Crippen LogP contribution < -0.4 is 0 Å². The number of aldehydes is 1. The third-order valence-corrected chi connectivity index (χ3v) is 3.45. The van der Waals surface area contributed by atoms with Crippen molar-refractivity contribution in [3.8, 4) is 6.07 Å². The third-order valence-electron chi connectivity index (χ3n) is 3.45. The van der Waals surface area contributed by atoms with Gasteiger partial charge in [-0.05, 0) is 23.8 Å². The van der Waals surface area contributed by atoms with Crippen LogP contribution in [0.25, 0.3) is 10.9 Å². The smallest absolute Gasteiger partial charge is 0.152 e. The predicted octanol–water partition coefficient (Wildman–Crippen LogP) is 3.51. The van der Waals surface area contributed by atoms with E-state index in [1.54, 1.807) is 12.3 Å². The van der Waals surface area contributed by atoms with Gasteiger partial charge in [0.15, 0.2) is 6.29 Å². The highest BCUT2D eigenvalue weighted by Crippen LogP contribution is 2.21. The minimum Gasteiger partial charge on any atom is -0.342 e.